The van der Waals surface area contributed by atoms with Crippen molar-refractivity contribution in [1.29, 1.82) is 0 Å². The molecule has 0 aromatic rings. The monoisotopic (exact) mass is 312 g/mol. The fourth-order valence-electron chi connectivity index (χ4n) is 3.95. The molecule has 2 aliphatic rings. The normalized spacial score (nSPS) is 30.7. The summed E-state index contributed by atoms with van der Waals surface area (Å²) in [5.74, 6) is 1.26. The first-order chi connectivity index (χ1) is 10.5. The van der Waals surface area contributed by atoms with Crippen LogP contribution >= 0.6 is 0 Å². The molecule has 5 heteroatoms. The Bertz CT molecular complexity index is 348. The molecule has 0 aromatic carbocycles. The zero-order valence-electron chi connectivity index (χ0n) is 14.3. The maximum atomic E-state index is 12.2. The molecule has 0 unspecified atom stereocenters. The van der Waals surface area contributed by atoms with Crippen molar-refractivity contribution in [3.05, 3.63) is 0 Å². The Hall–Kier alpha value is -0.650. The van der Waals surface area contributed by atoms with E-state index in [0.29, 0.717) is 13.2 Å². The van der Waals surface area contributed by atoms with Crippen molar-refractivity contribution in [3.8, 4) is 0 Å². The Kier molecular flexibility index (Phi) is 6.66. The number of hydrogen-bond acceptors (Lipinski definition) is 4. The van der Waals surface area contributed by atoms with E-state index in [-0.39, 0.29) is 17.9 Å². The van der Waals surface area contributed by atoms with Gasteiger partial charge in [-0.2, -0.15) is 0 Å². The molecule has 0 spiro atoms. The topological polar surface area (TPSA) is 61.8 Å². The minimum Gasteiger partial charge on any atom is -0.383 e. The summed E-state index contributed by atoms with van der Waals surface area (Å²) in [7, 11) is 0. The van der Waals surface area contributed by atoms with Crippen LogP contribution in [0.25, 0.3) is 0 Å². The number of likely N-dealkylation sites (tertiary alicyclic amines) is 1. The van der Waals surface area contributed by atoms with E-state index in [0.717, 1.165) is 44.3 Å². The minimum atomic E-state index is -0.898. The predicted molar refractivity (Wildman–Crippen MR) is 86.5 cm³/mol. The average molecular weight is 312 g/mol. The Morgan fingerprint density at radius 1 is 1.27 bits per heavy atom. The lowest BCUT2D eigenvalue weighted by atomic mass is 9.91. The SMILES string of the molecule is C[C@@H]1C[C@H](C)CN(C[C@H](C)NC(=O)[C@H](O)C2CCOCC2)C1. The summed E-state index contributed by atoms with van der Waals surface area (Å²) in [6, 6.07) is 0.0690. The van der Waals surface area contributed by atoms with Crippen LogP contribution in [-0.4, -0.2) is 60.9 Å². The second-order valence-electron chi connectivity index (χ2n) is 7.47. The Morgan fingerprint density at radius 2 is 1.86 bits per heavy atom. The van der Waals surface area contributed by atoms with Gasteiger partial charge in [-0.15, -0.1) is 0 Å². The lowest BCUT2D eigenvalue weighted by Gasteiger charge is -2.36. The number of aliphatic hydroxyl groups is 1. The van der Waals surface area contributed by atoms with Gasteiger partial charge in [0.1, 0.15) is 6.10 Å². The van der Waals surface area contributed by atoms with Gasteiger partial charge in [0.2, 0.25) is 5.91 Å². The average Bonchev–Trinajstić information content (AvgIpc) is 2.46. The standard InChI is InChI=1S/C17H32N2O3/c1-12-8-13(2)10-19(9-12)11-14(3)18-17(21)16(20)15-4-6-22-7-5-15/h12-16,20H,4-11H2,1-3H3,(H,18,21)/t12-,13+,14-,16+/m0/s1. The number of aliphatic hydroxyl groups excluding tert-OH is 1. The smallest absolute Gasteiger partial charge is 0.249 e. The summed E-state index contributed by atoms with van der Waals surface area (Å²) in [6.07, 6.45) is 1.93. The molecule has 0 saturated carbocycles. The number of carbonyl (C=O) groups is 1. The Balaban J connectivity index is 1.75. The highest BCUT2D eigenvalue weighted by Crippen LogP contribution is 2.21. The first-order valence-corrected chi connectivity index (χ1v) is 8.74. The van der Waals surface area contributed by atoms with E-state index in [4.69, 9.17) is 4.74 Å². The fourth-order valence-corrected chi connectivity index (χ4v) is 3.95. The van der Waals surface area contributed by atoms with Gasteiger partial charge < -0.3 is 20.1 Å². The zero-order chi connectivity index (χ0) is 16.1. The number of ether oxygens (including phenoxy) is 1. The van der Waals surface area contributed by atoms with Crippen LogP contribution in [-0.2, 0) is 9.53 Å². The second-order valence-corrected chi connectivity index (χ2v) is 7.47. The first-order valence-electron chi connectivity index (χ1n) is 8.74. The van der Waals surface area contributed by atoms with Crippen molar-refractivity contribution in [3.63, 3.8) is 0 Å². The van der Waals surface area contributed by atoms with Gasteiger partial charge >= 0.3 is 0 Å². The van der Waals surface area contributed by atoms with E-state index in [1.807, 2.05) is 6.92 Å². The van der Waals surface area contributed by atoms with Crippen LogP contribution in [0.3, 0.4) is 0 Å². The molecule has 2 heterocycles. The molecule has 128 valence electrons. The van der Waals surface area contributed by atoms with Gasteiger partial charge in [-0.25, -0.2) is 0 Å². The lowest BCUT2D eigenvalue weighted by molar-refractivity contribution is -0.134. The summed E-state index contributed by atoms with van der Waals surface area (Å²) in [6.45, 7) is 11.0. The Morgan fingerprint density at radius 3 is 2.45 bits per heavy atom. The molecule has 4 atom stereocenters. The summed E-state index contributed by atoms with van der Waals surface area (Å²) >= 11 is 0. The number of nitrogens with one attached hydrogen (secondary N) is 1. The molecular weight excluding hydrogens is 280 g/mol. The zero-order valence-corrected chi connectivity index (χ0v) is 14.3. The van der Waals surface area contributed by atoms with Crippen molar-refractivity contribution >= 4 is 5.91 Å². The largest absolute Gasteiger partial charge is 0.383 e. The summed E-state index contributed by atoms with van der Waals surface area (Å²) < 4.78 is 5.28. The van der Waals surface area contributed by atoms with E-state index in [9.17, 15) is 9.90 Å². The van der Waals surface area contributed by atoms with Gasteiger partial charge in [-0.1, -0.05) is 13.8 Å². The van der Waals surface area contributed by atoms with Crippen molar-refractivity contribution in [1.82, 2.24) is 10.2 Å². The van der Waals surface area contributed by atoms with Crippen LogP contribution in [0.4, 0.5) is 0 Å². The van der Waals surface area contributed by atoms with Gasteiger partial charge in [-0.3, -0.25) is 4.79 Å². The maximum Gasteiger partial charge on any atom is 0.249 e. The molecule has 5 nitrogen and oxygen atoms in total. The highest BCUT2D eigenvalue weighted by molar-refractivity contribution is 5.81. The maximum absolute atomic E-state index is 12.2. The predicted octanol–water partition coefficient (Wildman–Crippen LogP) is 1.26. The third kappa shape index (κ3) is 5.21. The first kappa shape index (κ1) is 17.7. The third-order valence-corrected chi connectivity index (χ3v) is 4.85. The van der Waals surface area contributed by atoms with Gasteiger partial charge in [0.05, 0.1) is 0 Å². The van der Waals surface area contributed by atoms with E-state index in [1.165, 1.54) is 6.42 Å². The molecule has 0 radical (unpaired) electrons. The van der Waals surface area contributed by atoms with Gasteiger partial charge in [0.25, 0.3) is 0 Å². The van der Waals surface area contributed by atoms with E-state index in [1.54, 1.807) is 0 Å². The summed E-state index contributed by atoms with van der Waals surface area (Å²) in [4.78, 5) is 14.6. The molecule has 2 N–H and O–H groups in total. The summed E-state index contributed by atoms with van der Waals surface area (Å²) in [5.41, 5.74) is 0. The number of rotatable bonds is 5. The number of amides is 1. The van der Waals surface area contributed by atoms with Crippen molar-refractivity contribution in [2.75, 3.05) is 32.8 Å². The highest BCUT2D eigenvalue weighted by atomic mass is 16.5. The molecule has 2 rings (SSSR count). The second kappa shape index (κ2) is 8.27. The molecule has 0 aliphatic carbocycles. The van der Waals surface area contributed by atoms with Crippen LogP contribution in [0.1, 0.15) is 40.0 Å². The summed E-state index contributed by atoms with van der Waals surface area (Å²) in [5, 5.41) is 13.2. The van der Waals surface area contributed by atoms with E-state index >= 15 is 0 Å². The lowest BCUT2D eigenvalue weighted by Crippen LogP contribution is -2.50. The Labute approximate surface area is 134 Å². The van der Waals surface area contributed by atoms with Crippen LogP contribution in [0.5, 0.6) is 0 Å². The van der Waals surface area contributed by atoms with Crippen LogP contribution in [0.15, 0.2) is 0 Å². The molecule has 1 amide bonds. The number of hydrogen-bond donors (Lipinski definition) is 2. The number of nitrogens with zero attached hydrogens (tertiary/aromatic N) is 1. The highest BCUT2D eigenvalue weighted by Gasteiger charge is 2.29. The molecule has 2 aliphatic heterocycles. The quantitative estimate of drug-likeness (QED) is 0.802. The van der Waals surface area contributed by atoms with Gasteiger partial charge in [0.15, 0.2) is 0 Å². The van der Waals surface area contributed by atoms with Crippen LogP contribution < -0.4 is 5.32 Å². The van der Waals surface area contributed by atoms with Gasteiger partial charge in [0, 0.05) is 38.9 Å². The molecule has 2 saturated heterocycles. The van der Waals surface area contributed by atoms with Crippen LogP contribution in [0, 0.1) is 17.8 Å². The molecular formula is C17H32N2O3. The minimum absolute atomic E-state index is 0.0379. The van der Waals surface area contributed by atoms with Gasteiger partial charge in [-0.05, 0) is 43.9 Å². The number of carbonyl (C=O) groups excluding carboxylic acids is 1. The molecule has 0 aromatic heterocycles. The fraction of sp³-hybridized carbons (Fsp3) is 0.941. The molecule has 0 bridgehead atoms. The van der Waals surface area contributed by atoms with Crippen LogP contribution in [0.2, 0.25) is 0 Å². The molecule has 2 fully saturated rings. The van der Waals surface area contributed by atoms with Crippen molar-refractivity contribution < 1.29 is 14.6 Å². The van der Waals surface area contributed by atoms with Crippen molar-refractivity contribution in [2.45, 2.75) is 52.2 Å². The van der Waals surface area contributed by atoms with Crippen molar-refractivity contribution in [2.24, 2.45) is 17.8 Å². The number of piperidine rings is 1. The van der Waals surface area contributed by atoms with E-state index in [2.05, 4.69) is 24.1 Å². The third-order valence-electron chi connectivity index (χ3n) is 4.85. The van der Waals surface area contributed by atoms with E-state index < -0.39 is 6.10 Å². The molecule has 22 heavy (non-hydrogen) atoms.